The number of amides is 2. The fraction of sp³-hybridized carbons (Fsp3) is 0.133. The molecule has 2 N–H and O–H groups in total. The number of benzene rings is 4. The number of ether oxygens (including phenoxy) is 2. The van der Waals surface area contributed by atoms with Gasteiger partial charge in [0, 0.05) is 6.54 Å². The Labute approximate surface area is 210 Å². The first-order valence-electron chi connectivity index (χ1n) is 11.8. The molecule has 0 saturated heterocycles. The van der Waals surface area contributed by atoms with Gasteiger partial charge in [-0.25, -0.2) is 0 Å². The Morgan fingerprint density at radius 2 is 1.22 bits per heavy atom. The van der Waals surface area contributed by atoms with Crippen molar-refractivity contribution < 1.29 is 19.1 Å². The number of nitrogens with one attached hydrogen (secondary N) is 2. The highest BCUT2D eigenvalue weighted by Gasteiger charge is 2.16. The van der Waals surface area contributed by atoms with Crippen LogP contribution in [0.25, 0.3) is 0 Å². The normalized spacial score (nSPS) is 10.3. The van der Waals surface area contributed by atoms with E-state index in [4.69, 9.17) is 9.47 Å². The third kappa shape index (κ3) is 6.96. The molecule has 0 radical (unpaired) electrons. The molecule has 0 fully saturated rings. The first-order chi connectivity index (χ1) is 17.7. The van der Waals surface area contributed by atoms with E-state index in [1.807, 2.05) is 60.7 Å². The first kappa shape index (κ1) is 24.5. The van der Waals surface area contributed by atoms with Gasteiger partial charge in [0.15, 0.2) is 0 Å². The number of rotatable bonds is 11. The Morgan fingerprint density at radius 1 is 0.611 bits per heavy atom. The second-order valence-corrected chi connectivity index (χ2v) is 8.00. The third-order valence-corrected chi connectivity index (χ3v) is 5.45. The number of para-hydroxylation sites is 3. The van der Waals surface area contributed by atoms with Crippen LogP contribution in [0.4, 0.5) is 5.69 Å². The Bertz CT molecular complexity index is 1280. The summed E-state index contributed by atoms with van der Waals surface area (Å²) in [5, 5.41) is 5.79. The highest BCUT2D eigenvalue weighted by Crippen LogP contribution is 2.22. The molecule has 0 aliphatic heterocycles. The molecular formula is C30H28N2O4. The zero-order valence-corrected chi connectivity index (χ0v) is 19.9. The van der Waals surface area contributed by atoms with Crippen molar-refractivity contribution in [2.24, 2.45) is 0 Å². The van der Waals surface area contributed by atoms with Crippen molar-refractivity contribution in [2.75, 3.05) is 25.1 Å². The van der Waals surface area contributed by atoms with E-state index in [0.717, 1.165) is 17.7 Å². The molecule has 2 amide bonds. The first-order valence-corrected chi connectivity index (χ1v) is 11.8. The summed E-state index contributed by atoms with van der Waals surface area (Å²) in [5.74, 6) is 0.589. The molecule has 0 aliphatic rings. The quantitative estimate of drug-likeness (QED) is 0.283. The Hall–Kier alpha value is -4.58. The fourth-order valence-corrected chi connectivity index (χ4v) is 3.65. The summed E-state index contributed by atoms with van der Waals surface area (Å²) in [6.07, 6.45) is 0.722. The van der Waals surface area contributed by atoms with E-state index < -0.39 is 0 Å². The van der Waals surface area contributed by atoms with E-state index in [-0.39, 0.29) is 18.4 Å². The van der Waals surface area contributed by atoms with Crippen molar-refractivity contribution in [3.8, 4) is 11.5 Å². The van der Waals surface area contributed by atoms with Crippen molar-refractivity contribution in [1.82, 2.24) is 5.32 Å². The highest BCUT2D eigenvalue weighted by atomic mass is 16.5. The van der Waals surface area contributed by atoms with Gasteiger partial charge in [0.25, 0.3) is 11.8 Å². The second kappa shape index (κ2) is 12.8. The second-order valence-electron chi connectivity index (χ2n) is 8.00. The molecule has 4 aromatic rings. The van der Waals surface area contributed by atoms with Crippen molar-refractivity contribution in [3.05, 3.63) is 126 Å². The maximum Gasteiger partial charge on any atom is 0.259 e. The summed E-state index contributed by atoms with van der Waals surface area (Å²) >= 11 is 0. The summed E-state index contributed by atoms with van der Waals surface area (Å²) in [6.45, 7) is 1.11. The van der Waals surface area contributed by atoms with Gasteiger partial charge >= 0.3 is 0 Å². The maximum absolute atomic E-state index is 13.1. The van der Waals surface area contributed by atoms with Crippen LogP contribution in [0.5, 0.6) is 11.5 Å². The van der Waals surface area contributed by atoms with Gasteiger partial charge in [-0.05, 0) is 48.4 Å². The molecule has 0 heterocycles. The fourth-order valence-electron chi connectivity index (χ4n) is 3.65. The lowest BCUT2D eigenvalue weighted by atomic mass is 10.1. The van der Waals surface area contributed by atoms with Crippen LogP contribution in [0.15, 0.2) is 109 Å². The van der Waals surface area contributed by atoms with Gasteiger partial charge < -0.3 is 20.1 Å². The number of anilines is 1. The molecule has 0 aromatic heterocycles. The Balaban J connectivity index is 1.35. The number of carbonyl (C=O) groups is 2. The van der Waals surface area contributed by atoms with Gasteiger partial charge in [0.05, 0.1) is 16.8 Å². The highest BCUT2D eigenvalue weighted by molar-refractivity contribution is 6.10. The van der Waals surface area contributed by atoms with Crippen LogP contribution < -0.4 is 20.1 Å². The average molecular weight is 481 g/mol. The number of carbonyl (C=O) groups excluding carboxylic acids is 2. The van der Waals surface area contributed by atoms with Crippen molar-refractivity contribution in [3.63, 3.8) is 0 Å². The van der Waals surface area contributed by atoms with Gasteiger partial charge in [0.2, 0.25) is 0 Å². The Morgan fingerprint density at radius 3 is 2.00 bits per heavy atom. The zero-order valence-electron chi connectivity index (χ0n) is 19.9. The van der Waals surface area contributed by atoms with Gasteiger partial charge in [-0.2, -0.15) is 0 Å². The van der Waals surface area contributed by atoms with Crippen molar-refractivity contribution in [1.29, 1.82) is 0 Å². The largest absolute Gasteiger partial charge is 0.490 e. The summed E-state index contributed by atoms with van der Waals surface area (Å²) in [4.78, 5) is 25.9. The standard InChI is InChI=1S/C30H28N2O4/c33-29(31-20-19-23-11-3-1-4-12-23)25-15-7-9-17-27(25)32-30(34)26-16-8-10-18-28(26)36-22-21-35-24-13-5-2-6-14-24/h1-18H,19-22H2,(H,31,33)(H,32,34). The lowest BCUT2D eigenvalue weighted by molar-refractivity contribution is 0.0955. The third-order valence-electron chi connectivity index (χ3n) is 5.45. The summed E-state index contributed by atoms with van der Waals surface area (Å²) < 4.78 is 11.5. The minimum absolute atomic E-state index is 0.246. The van der Waals surface area contributed by atoms with Gasteiger partial charge in [-0.1, -0.05) is 72.8 Å². The topological polar surface area (TPSA) is 76.7 Å². The molecule has 4 aromatic carbocycles. The van der Waals surface area contributed by atoms with Gasteiger partial charge in [0.1, 0.15) is 24.7 Å². The van der Waals surface area contributed by atoms with E-state index in [0.29, 0.717) is 35.7 Å². The molecule has 0 aliphatic carbocycles. The van der Waals surface area contributed by atoms with E-state index >= 15 is 0 Å². The van der Waals surface area contributed by atoms with Crippen molar-refractivity contribution in [2.45, 2.75) is 6.42 Å². The van der Waals surface area contributed by atoms with Crippen LogP contribution in [0, 0.1) is 0 Å². The van der Waals surface area contributed by atoms with Crippen LogP contribution in [0.2, 0.25) is 0 Å². The van der Waals surface area contributed by atoms with Crippen LogP contribution in [0.1, 0.15) is 26.3 Å². The van der Waals surface area contributed by atoms with Crippen LogP contribution in [-0.4, -0.2) is 31.6 Å². The zero-order chi connectivity index (χ0) is 25.0. The maximum atomic E-state index is 13.1. The average Bonchev–Trinajstić information content (AvgIpc) is 2.93. The predicted molar refractivity (Wildman–Crippen MR) is 141 cm³/mol. The van der Waals surface area contributed by atoms with Crippen LogP contribution >= 0.6 is 0 Å². The number of hydrogen-bond donors (Lipinski definition) is 2. The van der Waals surface area contributed by atoms with Gasteiger partial charge in [-0.3, -0.25) is 9.59 Å². The molecule has 0 atom stereocenters. The molecule has 0 unspecified atom stereocenters. The molecule has 4 rings (SSSR count). The molecule has 0 saturated carbocycles. The summed E-state index contributed by atoms with van der Waals surface area (Å²) in [7, 11) is 0. The Kier molecular flexibility index (Phi) is 8.70. The minimum Gasteiger partial charge on any atom is -0.490 e. The molecule has 0 bridgehead atoms. The van der Waals surface area contributed by atoms with Crippen molar-refractivity contribution >= 4 is 17.5 Å². The summed E-state index contributed by atoms with van der Waals surface area (Å²) in [6, 6.07) is 33.4. The molecule has 36 heavy (non-hydrogen) atoms. The van der Waals surface area contributed by atoms with Gasteiger partial charge in [-0.15, -0.1) is 0 Å². The molecule has 6 heteroatoms. The smallest absolute Gasteiger partial charge is 0.259 e. The minimum atomic E-state index is -0.362. The molecular weight excluding hydrogens is 452 g/mol. The SMILES string of the molecule is O=C(NCCc1ccccc1)c1ccccc1NC(=O)c1ccccc1OCCOc1ccccc1. The molecule has 0 spiro atoms. The number of hydrogen-bond acceptors (Lipinski definition) is 4. The summed E-state index contributed by atoms with van der Waals surface area (Å²) in [5.41, 5.74) is 2.34. The monoisotopic (exact) mass is 480 g/mol. The van der Waals surface area contributed by atoms with E-state index in [2.05, 4.69) is 10.6 Å². The molecule has 6 nitrogen and oxygen atoms in total. The molecule has 182 valence electrons. The lowest BCUT2D eigenvalue weighted by Crippen LogP contribution is -2.27. The van der Waals surface area contributed by atoms with Crippen LogP contribution in [0.3, 0.4) is 0 Å². The lowest BCUT2D eigenvalue weighted by Gasteiger charge is -2.14. The van der Waals surface area contributed by atoms with E-state index in [1.165, 1.54) is 0 Å². The predicted octanol–water partition coefficient (Wildman–Crippen LogP) is 5.37. The van der Waals surface area contributed by atoms with Crippen LogP contribution in [-0.2, 0) is 6.42 Å². The van der Waals surface area contributed by atoms with E-state index in [1.54, 1.807) is 48.5 Å². The van der Waals surface area contributed by atoms with E-state index in [9.17, 15) is 9.59 Å².